The molecule has 0 saturated heterocycles. The molecular weight excluding hydrogens is 212 g/mol. The third-order valence-electron chi connectivity index (χ3n) is 3.31. The number of ketones is 1. The van der Waals surface area contributed by atoms with E-state index in [0.29, 0.717) is 6.42 Å². The second kappa shape index (κ2) is 5.97. The Kier molecular flexibility index (Phi) is 4.88. The standard InChI is InChI=1S/C15H22O2/c1-12(13-8-6-5-7-9-13)14(16)10-11-15(2,3)17-4/h5-9,12H,10-11H2,1-4H3. The molecule has 1 aromatic rings. The maximum Gasteiger partial charge on any atom is 0.140 e. The van der Waals surface area contributed by atoms with Crippen LogP contribution in [-0.4, -0.2) is 18.5 Å². The number of hydrogen-bond donors (Lipinski definition) is 0. The lowest BCUT2D eigenvalue weighted by molar-refractivity contribution is -0.121. The fourth-order valence-electron chi connectivity index (χ4n) is 1.67. The van der Waals surface area contributed by atoms with Crippen LogP contribution >= 0.6 is 0 Å². The molecule has 0 aliphatic carbocycles. The summed E-state index contributed by atoms with van der Waals surface area (Å²) < 4.78 is 5.32. The summed E-state index contributed by atoms with van der Waals surface area (Å²) in [6.07, 6.45) is 1.33. The van der Waals surface area contributed by atoms with Gasteiger partial charge in [-0.2, -0.15) is 0 Å². The molecule has 0 aliphatic rings. The van der Waals surface area contributed by atoms with Gasteiger partial charge < -0.3 is 4.74 Å². The van der Waals surface area contributed by atoms with Gasteiger partial charge in [0.05, 0.1) is 5.60 Å². The zero-order valence-electron chi connectivity index (χ0n) is 11.2. The predicted octanol–water partition coefficient (Wildman–Crippen LogP) is 3.56. The Bertz CT molecular complexity index is 354. The molecular formula is C15H22O2. The van der Waals surface area contributed by atoms with E-state index in [-0.39, 0.29) is 17.3 Å². The van der Waals surface area contributed by atoms with Crippen molar-refractivity contribution < 1.29 is 9.53 Å². The fraction of sp³-hybridized carbons (Fsp3) is 0.533. The maximum atomic E-state index is 12.1. The summed E-state index contributed by atoms with van der Waals surface area (Å²) in [6.45, 7) is 5.98. The van der Waals surface area contributed by atoms with Crippen molar-refractivity contribution in [3.8, 4) is 0 Å². The zero-order chi connectivity index (χ0) is 12.9. The van der Waals surface area contributed by atoms with Crippen molar-refractivity contribution in [1.82, 2.24) is 0 Å². The molecule has 1 atom stereocenters. The van der Waals surface area contributed by atoms with E-state index in [1.54, 1.807) is 7.11 Å². The average Bonchev–Trinajstić information content (AvgIpc) is 2.36. The first kappa shape index (κ1) is 13.9. The molecule has 1 unspecified atom stereocenters. The molecule has 17 heavy (non-hydrogen) atoms. The highest BCUT2D eigenvalue weighted by Crippen LogP contribution is 2.22. The van der Waals surface area contributed by atoms with E-state index >= 15 is 0 Å². The van der Waals surface area contributed by atoms with Gasteiger partial charge >= 0.3 is 0 Å². The first-order chi connectivity index (χ1) is 7.96. The molecule has 0 fully saturated rings. The number of carbonyl (C=O) groups is 1. The van der Waals surface area contributed by atoms with Crippen LogP contribution in [0.1, 0.15) is 45.1 Å². The van der Waals surface area contributed by atoms with Crippen LogP contribution in [0.5, 0.6) is 0 Å². The topological polar surface area (TPSA) is 26.3 Å². The van der Waals surface area contributed by atoms with Crippen molar-refractivity contribution in [1.29, 1.82) is 0 Å². The quantitative estimate of drug-likeness (QED) is 0.752. The largest absolute Gasteiger partial charge is 0.379 e. The third-order valence-corrected chi connectivity index (χ3v) is 3.31. The number of carbonyl (C=O) groups excluding carboxylic acids is 1. The Balaban J connectivity index is 2.54. The average molecular weight is 234 g/mol. The van der Waals surface area contributed by atoms with Crippen LogP contribution in [0.15, 0.2) is 30.3 Å². The van der Waals surface area contributed by atoms with Crippen LogP contribution in [0.4, 0.5) is 0 Å². The highest BCUT2D eigenvalue weighted by molar-refractivity contribution is 5.85. The number of methoxy groups -OCH3 is 1. The van der Waals surface area contributed by atoms with Gasteiger partial charge in [-0.25, -0.2) is 0 Å². The highest BCUT2D eigenvalue weighted by Gasteiger charge is 2.21. The normalized spacial score (nSPS) is 13.4. The minimum absolute atomic E-state index is 0.0242. The van der Waals surface area contributed by atoms with Crippen molar-refractivity contribution in [2.45, 2.75) is 45.1 Å². The van der Waals surface area contributed by atoms with E-state index in [4.69, 9.17) is 4.74 Å². The number of ether oxygens (including phenoxy) is 1. The molecule has 94 valence electrons. The SMILES string of the molecule is COC(C)(C)CCC(=O)C(C)c1ccccc1. The molecule has 0 spiro atoms. The van der Waals surface area contributed by atoms with Crippen molar-refractivity contribution in [3.05, 3.63) is 35.9 Å². The first-order valence-electron chi connectivity index (χ1n) is 6.09. The number of benzene rings is 1. The maximum absolute atomic E-state index is 12.1. The second-order valence-corrected chi connectivity index (χ2v) is 5.06. The lowest BCUT2D eigenvalue weighted by Gasteiger charge is -2.23. The highest BCUT2D eigenvalue weighted by atomic mass is 16.5. The number of rotatable bonds is 6. The molecule has 0 saturated carbocycles. The van der Waals surface area contributed by atoms with E-state index in [0.717, 1.165) is 12.0 Å². The number of hydrogen-bond acceptors (Lipinski definition) is 2. The predicted molar refractivity (Wildman–Crippen MR) is 70.2 cm³/mol. The molecule has 0 bridgehead atoms. The van der Waals surface area contributed by atoms with Crippen LogP contribution in [-0.2, 0) is 9.53 Å². The lowest BCUT2D eigenvalue weighted by Crippen LogP contribution is -2.24. The monoisotopic (exact) mass is 234 g/mol. The van der Waals surface area contributed by atoms with E-state index in [1.165, 1.54) is 0 Å². The smallest absolute Gasteiger partial charge is 0.140 e. The van der Waals surface area contributed by atoms with E-state index in [1.807, 2.05) is 51.1 Å². The van der Waals surface area contributed by atoms with Gasteiger partial charge in [-0.1, -0.05) is 37.3 Å². The van der Waals surface area contributed by atoms with Gasteiger partial charge in [0.25, 0.3) is 0 Å². The van der Waals surface area contributed by atoms with E-state index < -0.39 is 0 Å². The molecule has 1 aromatic carbocycles. The molecule has 2 heteroatoms. The number of Topliss-reactive ketones (excluding diaryl/α,β-unsaturated/α-hetero) is 1. The van der Waals surface area contributed by atoms with Crippen LogP contribution < -0.4 is 0 Å². The Hall–Kier alpha value is -1.15. The van der Waals surface area contributed by atoms with Crippen LogP contribution in [0, 0.1) is 0 Å². The summed E-state index contributed by atoms with van der Waals surface area (Å²) in [5.74, 6) is 0.255. The van der Waals surface area contributed by atoms with E-state index in [9.17, 15) is 4.79 Å². The summed E-state index contributed by atoms with van der Waals surface area (Å²) in [6, 6.07) is 9.92. The van der Waals surface area contributed by atoms with Gasteiger partial charge in [0.2, 0.25) is 0 Å². The molecule has 0 aliphatic heterocycles. The molecule has 0 heterocycles. The Labute approximate surface area is 104 Å². The Morgan fingerprint density at radius 3 is 2.41 bits per heavy atom. The minimum atomic E-state index is -0.216. The summed E-state index contributed by atoms with van der Waals surface area (Å²) in [4.78, 5) is 12.1. The van der Waals surface area contributed by atoms with Gasteiger partial charge in [0.15, 0.2) is 0 Å². The van der Waals surface area contributed by atoms with Gasteiger partial charge in [-0.15, -0.1) is 0 Å². The lowest BCUT2D eigenvalue weighted by atomic mass is 9.91. The third kappa shape index (κ3) is 4.31. The molecule has 2 nitrogen and oxygen atoms in total. The van der Waals surface area contributed by atoms with Crippen LogP contribution in [0.25, 0.3) is 0 Å². The molecule has 0 radical (unpaired) electrons. The van der Waals surface area contributed by atoms with Crippen molar-refractivity contribution in [2.24, 2.45) is 0 Å². The van der Waals surface area contributed by atoms with Crippen LogP contribution in [0.3, 0.4) is 0 Å². The van der Waals surface area contributed by atoms with Crippen molar-refractivity contribution in [3.63, 3.8) is 0 Å². The summed E-state index contributed by atoms with van der Waals surface area (Å²) in [7, 11) is 1.69. The molecule has 1 rings (SSSR count). The van der Waals surface area contributed by atoms with Gasteiger partial charge in [0.1, 0.15) is 5.78 Å². The summed E-state index contributed by atoms with van der Waals surface area (Å²) in [5.41, 5.74) is 0.874. The zero-order valence-corrected chi connectivity index (χ0v) is 11.2. The second-order valence-electron chi connectivity index (χ2n) is 5.06. The van der Waals surface area contributed by atoms with Crippen molar-refractivity contribution >= 4 is 5.78 Å². The molecule has 0 amide bonds. The molecule has 0 aromatic heterocycles. The van der Waals surface area contributed by atoms with E-state index in [2.05, 4.69) is 0 Å². The van der Waals surface area contributed by atoms with Crippen LogP contribution in [0.2, 0.25) is 0 Å². The summed E-state index contributed by atoms with van der Waals surface area (Å²) in [5, 5.41) is 0. The molecule has 0 N–H and O–H groups in total. The van der Waals surface area contributed by atoms with Gasteiger partial charge in [0, 0.05) is 19.4 Å². The Morgan fingerprint density at radius 1 is 1.29 bits per heavy atom. The minimum Gasteiger partial charge on any atom is -0.379 e. The fourth-order valence-corrected chi connectivity index (χ4v) is 1.67. The van der Waals surface area contributed by atoms with Gasteiger partial charge in [-0.3, -0.25) is 4.79 Å². The van der Waals surface area contributed by atoms with Crippen molar-refractivity contribution in [2.75, 3.05) is 7.11 Å². The van der Waals surface area contributed by atoms with Gasteiger partial charge in [-0.05, 0) is 25.8 Å². The summed E-state index contributed by atoms with van der Waals surface area (Å²) >= 11 is 0. The first-order valence-corrected chi connectivity index (χ1v) is 6.09. The Morgan fingerprint density at radius 2 is 1.88 bits per heavy atom.